The van der Waals surface area contributed by atoms with Crippen molar-refractivity contribution in [1.29, 1.82) is 0 Å². The average Bonchev–Trinajstić information content (AvgIpc) is 3.30. The number of benzene rings is 1. The van der Waals surface area contributed by atoms with Gasteiger partial charge in [0.25, 0.3) is 0 Å². The molecule has 6 nitrogen and oxygen atoms in total. The molecule has 1 fully saturated rings. The highest BCUT2D eigenvalue weighted by Crippen LogP contribution is 2.35. The minimum atomic E-state index is -4.43. The number of carbonyl (C=O) groups excluding carboxylic acids is 1. The topological polar surface area (TPSA) is 72.1 Å². The summed E-state index contributed by atoms with van der Waals surface area (Å²) in [4.78, 5) is 22.2. The van der Waals surface area contributed by atoms with Crippen LogP contribution < -0.4 is 0 Å². The van der Waals surface area contributed by atoms with Crippen molar-refractivity contribution < 1.29 is 22.5 Å². The molecule has 9 heteroatoms. The number of amides is 1. The van der Waals surface area contributed by atoms with Crippen LogP contribution in [0.3, 0.4) is 0 Å². The second-order valence-electron chi connectivity index (χ2n) is 6.47. The maximum atomic E-state index is 12.9. The first-order chi connectivity index (χ1) is 13.4. The molecule has 1 aromatic carbocycles. The predicted octanol–water partition coefficient (Wildman–Crippen LogP) is 4.01. The van der Waals surface area contributed by atoms with E-state index in [4.69, 9.17) is 4.52 Å². The van der Waals surface area contributed by atoms with Gasteiger partial charge in [-0.05, 0) is 36.2 Å². The van der Waals surface area contributed by atoms with Crippen LogP contribution in [0.4, 0.5) is 13.2 Å². The summed E-state index contributed by atoms with van der Waals surface area (Å²) in [7, 11) is 0. The van der Waals surface area contributed by atoms with Crippen LogP contribution in [0, 0.1) is 0 Å². The number of hydrogen-bond acceptors (Lipinski definition) is 5. The first-order valence-electron chi connectivity index (χ1n) is 8.61. The second-order valence-corrected chi connectivity index (χ2v) is 6.47. The van der Waals surface area contributed by atoms with Gasteiger partial charge in [-0.3, -0.25) is 9.78 Å². The summed E-state index contributed by atoms with van der Waals surface area (Å²) in [6.07, 6.45) is -0.484. The normalized spacial score (nSPS) is 17.3. The third-order valence-corrected chi connectivity index (χ3v) is 4.58. The number of likely N-dealkylation sites (tertiary alicyclic amines) is 1. The number of alkyl halides is 3. The van der Waals surface area contributed by atoms with Gasteiger partial charge in [0, 0.05) is 30.9 Å². The van der Waals surface area contributed by atoms with Gasteiger partial charge in [-0.2, -0.15) is 18.2 Å². The van der Waals surface area contributed by atoms with Crippen LogP contribution in [0.15, 0.2) is 53.3 Å². The van der Waals surface area contributed by atoms with Gasteiger partial charge in [-0.25, -0.2) is 0 Å². The summed E-state index contributed by atoms with van der Waals surface area (Å²) >= 11 is 0. The molecular formula is C19H15F3N4O2. The Morgan fingerprint density at radius 1 is 1.21 bits per heavy atom. The Labute approximate surface area is 158 Å². The summed E-state index contributed by atoms with van der Waals surface area (Å²) < 4.78 is 44.2. The lowest BCUT2D eigenvalue weighted by Crippen LogP contribution is -2.27. The molecular weight excluding hydrogens is 373 g/mol. The zero-order chi connectivity index (χ0) is 19.7. The fraction of sp³-hybridized carbons (Fsp3) is 0.263. The first-order valence-corrected chi connectivity index (χ1v) is 8.61. The maximum Gasteiger partial charge on any atom is 0.416 e. The molecule has 2 aromatic heterocycles. The Balaban J connectivity index is 1.58. The third-order valence-electron chi connectivity index (χ3n) is 4.58. The molecule has 4 rings (SSSR count). The second kappa shape index (κ2) is 7.06. The predicted molar refractivity (Wildman–Crippen MR) is 91.5 cm³/mol. The zero-order valence-electron chi connectivity index (χ0n) is 14.6. The van der Waals surface area contributed by atoms with Crippen molar-refractivity contribution in [2.24, 2.45) is 0 Å². The van der Waals surface area contributed by atoms with Crippen LogP contribution in [-0.4, -0.2) is 25.9 Å². The van der Waals surface area contributed by atoms with Gasteiger partial charge in [-0.1, -0.05) is 17.3 Å². The Bertz CT molecular complexity index is 988. The molecule has 0 aliphatic carbocycles. The molecule has 0 saturated carbocycles. The van der Waals surface area contributed by atoms with Crippen molar-refractivity contribution >= 4 is 5.91 Å². The van der Waals surface area contributed by atoms with Crippen LogP contribution in [0.2, 0.25) is 0 Å². The fourth-order valence-electron chi connectivity index (χ4n) is 3.21. The Hall–Kier alpha value is -3.23. The van der Waals surface area contributed by atoms with Gasteiger partial charge in [0.1, 0.15) is 6.04 Å². The molecule has 0 bridgehead atoms. The van der Waals surface area contributed by atoms with Gasteiger partial charge in [0.15, 0.2) is 0 Å². The largest absolute Gasteiger partial charge is 0.416 e. The van der Waals surface area contributed by atoms with E-state index in [1.54, 1.807) is 30.6 Å². The standard InChI is InChI=1S/C19H15F3N4O2/c20-19(21,22)14-5-1-3-12(9-14)11-26-15(6-7-16(26)27)18-24-17(25-28-18)13-4-2-8-23-10-13/h1-5,8-10,15H,6-7,11H2. The Morgan fingerprint density at radius 3 is 2.82 bits per heavy atom. The zero-order valence-corrected chi connectivity index (χ0v) is 14.6. The molecule has 0 spiro atoms. The van der Waals surface area contributed by atoms with Crippen LogP contribution in [-0.2, 0) is 17.5 Å². The highest BCUT2D eigenvalue weighted by Gasteiger charge is 2.36. The van der Waals surface area contributed by atoms with E-state index in [-0.39, 0.29) is 24.8 Å². The lowest BCUT2D eigenvalue weighted by molar-refractivity contribution is -0.137. The highest BCUT2D eigenvalue weighted by atomic mass is 19.4. The van der Waals surface area contributed by atoms with Gasteiger partial charge in [0.2, 0.25) is 17.6 Å². The van der Waals surface area contributed by atoms with E-state index < -0.39 is 17.8 Å². The van der Waals surface area contributed by atoms with Crippen molar-refractivity contribution in [3.05, 3.63) is 65.8 Å². The van der Waals surface area contributed by atoms with Gasteiger partial charge in [-0.15, -0.1) is 0 Å². The monoisotopic (exact) mass is 388 g/mol. The molecule has 3 heterocycles. The molecule has 3 aromatic rings. The van der Waals surface area contributed by atoms with Gasteiger partial charge in [0.05, 0.1) is 5.56 Å². The number of nitrogens with zero attached hydrogens (tertiary/aromatic N) is 4. The van der Waals surface area contributed by atoms with E-state index in [9.17, 15) is 18.0 Å². The van der Waals surface area contributed by atoms with Crippen molar-refractivity contribution in [3.63, 3.8) is 0 Å². The SMILES string of the molecule is O=C1CCC(c2nc(-c3cccnc3)no2)N1Cc1cccc(C(F)(F)F)c1. The Morgan fingerprint density at radius 2 is 2.07 bits per heavy atom. The highest BCUT2D eigenvalue weighted by molar-refractivity contribution is 5.78. The molecule has 0 radical (unpaired) electrons. The third kappa shape index (κ3) is 3.60. The Kier molecular flexibility index (Phi) is 4.58. The molecule has 0 N–H and O–H groups in total. The summed E-state index contributed by atoms with van der Waals surface area (Å²) in [5.74, 6) is 0.446. The van der Waals surface area contributed by atoms with Crippen molar-refractivity contribution in [2.45, 2.75) is 31.6 Å². The van der Waals surface area contributed by atoms with Crippen molar-refractivity contribution in [2.75, 3.05) is 0 Å². The van der Waals surface area contributed by atoms with Crippen LogP contribution in [0.1, 0.15) is 35.9 Å². The van der Waals surface area contributed by atoms with Crippen molar-refractivity contribution in [1.82, 2.24) is 20.0 Å². The summed E-state index contributed by atoms with van der Waals surface area (Å²) in [5.41, 5.74) is 0.318. The summed E-state index contributed by atoms with van der Waals surface area (Å²) in [6, 6.07) is 8.00. The number of halogens is 3. The maximum absolute atomic E-state index is 12.9. The van der Waals surface area contributed by atoms with Crippen molar-refractivity contribution in [3.8, 4) is 11.4 Å². The van der Waals surface area contributed by atoms with Crippen LogP contribution >= 0.6 is 0 Å². The number of carbonyl (C=O) groups is 1. The molecule has 1 atom stereocenters. The average molecular weight is 388 g/mol. The first kappa shape index (κ1) is 18.1. The van der Waals surface area contributed by atoms with Crippen LogP contribution in [0.5, 0.6) is 0 Å². The van der Waals surface area contributed by atoms with E-state index in [0.717, 1.165) is 12.1 Å². The van der Waals surface area contributed by atoms with Crippen LogP contribution in [0.25, 0.3) is 11.4 Å². The van der Waals surface area contributed by atoms with E-state index in [1.807, 2.05) is 0 Å². The summed E-state index contributed by atoms with van der Waals surface area (Å²) in [5, 5.41) is 3.93. The molecule has 28 heavy (non-hydrogen) atoms. The molecule has 1 aliphatic heterocycles. The van der Waals surface area contributed by atoms with Gasteiger partial charge >= 0.3 is 6.18 Å². The van der Waals surface area contributed by atoms with E-state index in [2.05, 4.69) is 15.1 Å². The van der Waals surface area contributed by atoms with Gasteiger partial charge < -0.3 is 9.42 Å². The number of rotatable bonds is 4. The molecule has 1 aliphatic rings. The minimum Gasteiger partial charge on any atom is -0.337 e. The quantitative estimate of drug-likeness (QED) is 0.675. The van der Waals surface area contributed by atoms with E-state index in [0.29, 0.717) is 23.4 Å². The van der Waals surface area contributed by atoms with E-state index in [1.165, 1.54) is 11.0 Å². The smallest absolute Gasteiger partial charge is 0.337 e. The summed E-state index contributed by atoms with van der Waals surface area (Å²) in [6.45, 7) is 0.0397. The number of hydrogen-bond donors (Lipinski definition) is 0. The number of aromatic nitrogens is 3. The number of pyridine rings is 1. The molecule has 1 amide bonds. The minimum absolute atomic E-state index is 0.0397. The lowest BCUT2D eigenvalue weighted by atomic mass is 10.1. The van der Waals surface area contributed by atoms with E-state index >= 15 is 0 Å². The molecule has 144 valence electrons. The lowest BCUT2D eigenvalue weighted by Gasteiger charge is -2.22. The molecule has 1 saturated heterocycles. The molecule has 1 unspecified atom stereocenters. The fourth-order valence-corrected chi connectivity index (χ4v) is 3.21.